The molecule has 2 N–H and O–H groups in total. The lowest BCUT2D eigenvalue weighted by atomic mass is 10.1. The summed E-state index contributed by atoms with van der Waals surface area (Å²) in [4.78, 5) is 38.8. The number of carbonyl (C=O) groups is 2. The van der Waals surface area contributed by atoms with Crippen LogP contribution < -0.4 is 15.7 Å². The first kappa shape index (κ1) is 20.9. The van der Waals surface area contributed by atoms with Crippen molar-refractivity contribution in [2.45, 2.75) is 38.1 Å². The number of rotatable bonds is 6. The van der Waals surface area contributed by atoms with E-state index in [-0.39, 0.29) is 12.3 Å². The third-order valence-corrected chi connectivity index (χ3v) is 5.12. The summed E-state index contributed by atoms with van der Waals surface area (Å²) in [5.74, 6) is -0.189. The number of methoxy groups -OCH3 is 1. The molecule has 1 aromatic carbocycles. The van der Waals surface area contributed by atoms with Crippen LogP contribution >= 0.6 is 0 Å². The minimum Gasteiger partial charge on any atom is -0.497 e. The van der Waals surface area contributed by atoms with E-state index >= 15 is 0 Å². The Bertz CT molecular complexity index is 930. The van der Waals surface area contributed by atoms with Crippen molar-refractivity contribution in [2.75, 3.05) is 26.8 Å². The average molecular weight is 402 g/mol. The molecule has 1 saturated heterocycles. The maximum atomic E-state index is 12.7. The van der Waals surface area contributed by atoms with Gasteiger partial charge in [0.15, 0.2) is 0 Å². The molecule has 1 aliphatic rings. The molecule has 1 atom stereocenters. The second-order valence-electron chi connectivity index (χ2n) is 7.17. The molecule has 3 rings (SSSR count). The van der Waals surface area contributed by atoms with Crippen molar-refractivity contribution < 1.29 is 23.8 Å². The fourth-order valence-electron chi connectivity index (χ4n) is 3.60. The Morgan fingerprint density at radius 1 is 1.21 bits per heavy atom. The number of aliphatic hydroxyl groups is 1. The summed E-state index contributed by atoms with van der Waals surface area (Å²) in [5.41, 5.74) is 0.224. The number of carbonyl (C=O) groups excluding carboxylic acids is 2. The first-order valence-corrected chi connectivity index (χ1v) is 9.81. The number of fused-ring (bicyclic) bond motifs is 1. The molecule has 8 heteroatoms. The summed E-state index contributed by atoms with van der Waals surface area (Å²) in [6.07, 6.45) is 3.89. The number of aliphatic hydroxyl groups excluding tert-OH is 1. The average Bonchev–Trinajstić information content (AvgIpc) is 3.00. The Hall–Kier alpha value is -2.87. The number of amides is 2. The van der Waals surface area contributed by atoms with Gasteiger partial charge in [0.05, 0.1) is 20.1 Å². The summed E-state index contributed by atoms with van der Waals surface area (Å²) in [7, 11) is 1.51. The fraction of sp³-hybridized carbons (Fsp3) is 0.476. The van der Waals surface area contributed by atoms with Crippen molar-refractivity contribution in [3.05, 3.63) is 40.2 Å². The molecule has 1 unspecified atom stereocenters. The number of ether oxygens (including phenoxy) is 1. The van der Waals surface area contributed by atoms with Gasteiger partial charge in [-0.05, 0) is 30.5 Å². The second kappa shape index (κ2) is 9.56. The number of likely N-dealkylation sites (tertiary alicyclic amines) is 1. The Morgan fingerprint density at radius 3 is 2.59 bits per heavy atom. The van der Waals surface area contributed by atoms with E-state index in [1.807, 2.05) is 0 Å². The highest BCUT2D eigenvalue weighted by atomic mass is 16.5. The second-order valence-corrected chi connectivity index (χ2v) is 7.17. The SMILES string of the molecule is COc1ccc2c(CC(=O)NC(CO)C(=O)N3CCCCCC3)cc(=O)oc2c1. The zero-order chi connectivity index (χ0) is 20.8. The topological polar surface area (TPSA) is 109 Å². The Kier molecular flexibility index (Phi) is 6.87. The van der Waals surface area contributed by atoms with Crippen molar-refractivity contribution >= 4 is 22.8 Å². The monoisotopic (exact) mass is 402 g/mol. The van der Waals surface area contributed by atoms with Crippen LogP contribution in [0.3, 0.4) is 0 Å². The van der Waals surface area contributed by atoms with Crippen LogP contribution in [0.2, 0.25) is 0 Å². The summed E-state index contributed by atoms with van der Waals surface area (Å²) in [6, 6.07) is 5.28. The molecule has 0 bridgehead atoms. The lowest BCUT2D eigenvalue weighted by molar-refractivity contribution is -0.137. The number of nitrogens with zero attached hydrogens (tertiary/aromatic N) is 1. The third-order valence-electron chi connectivity index (χ3n) is 5.12. The van der Waals surface area contributed by atoms with E-state index in [0.717, 1.165) is 25.7 Å². The fourth-order valence-corrected chi connectivity index (χ4v) is 3.60. The van der Waals surface area contributed by atoms with Crippen molar-refractivity contribution in [1.29, 1.82) is 0 Å². The largest absolute Gasteiger partial charge is 0.497 e. The van der Waals surface area contributed by atoms with Crippen LogP contribution in [0.25, 0.3) is 11.0 Å². The molecule has 1 fully saturated rings. The van der Waals surface area contributed by atoms with Gasteiger partial charge in [0, 0.05) is 30.6 Å². The van der Waals surface area contributed by atoms with E-state index in [9.17, 15) is 19.5 Å². The van der Waals surface area contributed by atoms with Crippen molar-refractivity contribution in [3.8, 4) is 5.75 Å². The number of hydrogen-bond donors (Lipinski definition) is 2. The van der Waals surface area contributed by atoms with Gasteiger partial charge in [0.25, 0.3) is 0 Å². The summed E-state index contributed by atoms with van der Waals surface area (Å²) < 4.78 is 10.3. The van der Waals surface area contributed by atoms with Crippen LogP contribution in [-0.2, 0) is 16.0 Å². The van der Waals surface area contributed by atoms with Crippen molar-refractivity contribution in [1.82, 2.24) is 10.2 Å². The van der Waals surface area contributed by atoms with Crippen LogP contribution in [-0.4, -0.2) is 54.7 Å². The minimum absolute atomic E-state index is 0.113. The molecule has 1 aliphatic heterocycles. The molecule has 2 heterocycles. The molecule has 156 valence electrons. The van der Waals surface area contributed by atoms with Gasteiger partial charge in [-0.25, -0.2) is 4.79 Å². The number of hydrogen-bond acceptors (Lipinski definition) is 6. The van der Waals surface area contributed by atoms with Gasteiger partial charge in [-0.15, -0.1) is 0 Å². The van der Waals surface area contributed by atoms with E-state index < -0.39 is 24.2 Å². The molecule has 1 aromatic heterocycles. The Morgan fingerprint density at radius 2 is 1.93 bits per heavy atom. The molecular formula is C21H26N2O6. The molecule has 2 aromatic rings. The molecule has 2 amide bonds. The van der Waals surface area contributed by atoms with E-state index in [4.69, 9.17) is 9.15 Å². The molecule has 0 spiro atoms. The summed E-state index contributed by atoms with van der Waals surface area (Å²) in [5, 5.41) is 12.9. The lowest BCUT2D eigenvalue weighted by Gasteiger charge is -2.25. The maximum Gasteiger partial charge on any atom is 0.336 e. The smallest absolute Gasteiger partial charge is 0.336 e. The normalized spacial score (nSPS) is 15.6. The lowest BCUT2D eigenvalue weighted by Crippen LogP contribution is -2.51. The highest BCUT2D eigenvalue weighted by Gasteiger charge is 2.26. The van der Waals surface area contributed by atoms with Crippen LogP contribution in [0, 0.1) is 0 Å². The summed E-state index contributed by atoms with van der Waals surface area (Å²) in [6.45, 7) is 0.796. The highest BCUT2D eigenvalue weighted by molar-refractivity contribution is 5.91. The van der Waals surface area contributed by atoms with Gasteiger partial charge in [0.2, 0.25) is 11.8 Å². The van der Waals surface area contributed by atoms with E-state index in [1.165, 1.54) is 13.2 Å². The first-order chi connectivity index (χ1) is 14.0. The minimum atomic E-state index is -0.993. The van der Waals surface area contributed by atoms with Gasteiger partial charge in [-0.2, -0.15) is 0 Å². The predicted molar refractivity (Wildman–Crippen MR) is 107 cm³/mol. The zero-order valence-corrected chi connectivity index (χ0v) is 16.5. The Balaban J connectivity index is 1.73. The summed E-state index contributed by atoms with van der Waals surface area (Å²) >= 11 is 0. The maximum absolute atomic E-state index is 12.7. The standard InChI is InChI=1S/C21H26N2O6/c1-28-15-6-7-16-14(11-20(26)29-18(16)12-15)10-19(25)22-17(13-24)21(27)23-8-4-2-3-5-9-23/h6-7,11-12,17,24H,2-5,8-10,13H2,1H3,(H,22,25). The third kappa shape index (κ3) is 5.14. The van der Waals surface area contributed by atoms with Crippen LogP contribution in [0.1, 0.15) is 31.2 Å². The van der Waals surface area contributed by atoms with Gasteiger partial charge < -0.3 is 24.5 Å². The van der Waals surface area contributed by atoms with Crippen molar-refractivity contribution in [3.63, 3.8) is 0 Å². The Labute approximate surface area is 168 Å². The van der Waals surface area contributed by atoms with E-state index in [2.05, 4.69) is 5.32 Å². The number of nitrogens with one attached hydrogen (secondary N) is 1. The molecule has 0 saturated carbocycles. The molecule has 0 aliphatic carbocycles. The molecular weight excluding hydrogens is 376 g/mol. The molecule has 8 nitrogen and oxygen atoms in total. The van der Waals surface area contributed by atoms with Crippen LogP contribution in [0.15, 0.2) is 33.5 Å². The first-order valence-electron chi connectivity index (χ1n) is 9.81. The quantitative estimate of drug-likeness (QED) is 0.704. The van der Waals surface area contributed by atoms with E-state index in [0.29, 0.717) is 35.4 Å². The molecule has 0 radical (unpaired) electrons. The number of benzene rings is 1. The van der Waals surface area contributed by atoms with E-state index in [1.54, 1.807) is 23.1 Å². The van der Waals surface area contributed by atoms with Crippen LogP contribution in [0.4, 0.5) is 0 Å². The van der Waals surface area contributed by atoms with Gasteiger partial charge in [-0.3, -0.25) is 9.59 Å². The predicted octanol–water partition coefficient (Wildman–Crippen LogP) is 1.22. The van der Waals surface area contributed by atoms with Gasteiger partial charge >= 0.3 is 5.63 Å². The van der Waals surface area contributed by atoms with Crippen LogP contribution in [0.5, 0.6) is 5.75 Å². The zero-order valence-electron chi connectivity index (χ0n) is 16.5. The highest BCUT2D eigenvalue weighted by Crippen LogP contribution is 2.22. The molecule has 29 heavy (non-hydrogen) atoms. The van der Waals surface area contributed by atoms with Gasteiger partial charge in [-0.1, -0.05) is 12.8 Å². The van der Waals surface area contributed by atoms with Gasteiger partial charge in [0.1, 0.15) is 17.4 Å². The van der Waals surface area contributed by atoms with Crippen molar-refractivity contribution in [2.24, 2.45) is 0 Å².